The van der Waals surface area contributed by atoms with Crippen LogP contribution in [0.25, 0.3) is 0 Å². The molecule has 0 aromatic heterocycles. The van der Waals surface area contributed by atoms with Crippen LogP contribution in [0.1, 0.15) is 20.3 Å². The van der Waals surface area contributed by atoms with Crippen LogP contribution in [0.15, 0.2) is 0 Å². The zero-order valence-corrected chi connectivity index (χ0v) is 10.7. The van der Waals surface area contributed by atoms with E-state index >= 15 is 0 Å². The molecule has 0 aromatic rings. The van der Waals surface area contributed by atoms with Crippen molar-refractivity contribution >= 4 is 16.8 Å². The second-order valence-electron chi connectivity index (χ2n) is 4.24. The van der Waals surface area contributed by atoms with Gasteiger partial charge in [-0.1, -0.05) is 13.8 Å². The van der Waals surface area contributed by atoms with Crippen molar-refractivity contribution in [2.45, 2.75) is 25.5 Å². The van der Waals surface area contributed by atoms with Crippen LogP contribution >= 0.6 is 0 Å². The SMILES string of the molecule is CC(C)C(C(=O)O)S(=O)CCCN(C)C. The molecule has 4 nitrogen and oxygen atoms in total. The predicted molar refractivity (Wildman–Crippen MR) is 62.4 cm³/mol. The molecule has 90 valence electrons. The molecule has 0 bridgehead atoms. The Morgan fingerprint density at radius 1 is 1.40 bits per heavy atom. The van der Waals surface area contributed by atoms with E-state index in [-0.39, 0.29) is 5.92 Å². The summed E-state index contributed by atoms with van der Waals surface area (Å²) in [6, 6.07) is 0. The molecule has 2 unspecified atom stereocenters. The fraction of sp³-hybridized carbons (Fsp3) is 0.900. The molecule has 1 N–H and O–H groups in total. The highest BCUT2D eigenvalue weighted by Gasteiger charge is 2.27. The molecule has 0 saturated heterocycles. The van der Waals surface area contributed by atoms with Gasteiger partial charge in [-0.2, -0.15) is 0 Å². The Labute approximate surface area is 94.1 Å². The molecule has 0 aliphatic heterocycles. The van der Waals surface area contributed by atoms with Gasteiger partial charge in [-0.3, -0.25) is 9.00 Å². The molecular weight excluding hydrogens is 214 g/mol. The smallest absolute Gasteiger partial charge is 0.319 e. The first-order chi connectivity index (χ1) is 6.86. The zero-order chi connectivity index (χ0) is 12.0. The molecule has 0 aliphatic carbocycles. The summed E-state index contributed by atoms with van der Waals surface area (Å²) in [6.07, 6.45) is 0.774. The van der Waals surface area contributed by atoms with Gasteiger partial charge in [0.15, 0.2) is 0 Å². The summed E-state index contributed by atoms with van der Waals surface area (Å²) < 4.78 is 11.7. The monoisotopic (exact) mass is 235 g/mol. The molecular formula is C10H21NO3S. The summed E-state index contributed by atoms with van der Waals surface area (Å²) in [5.74, 6) is -0.566. The third-order valence-corrected chi connectivity index (χ3v) is 4.09. The number of carboxylic acids is 1. The minimum atomic E-state index is -1.26. The predicted octanol–water partition coefficient (Wildman–Crippen LogP) is 0.796. The van der Waals surface area contributed by atoms with Crippen LogP contribution < -0.4 is 0 Å². The topological polar surface area (TPSA) is 57.6 Å². The van der Waals surface area contributed by atoms with Gasteiger partial charge in [0.2, 0.25) is 0 Å². The molecule has 0 fully saturated rings. The highest BCUT2D eigenvalue weighted by atomic mass is 32.2. The minimum Gasteiger partial charge on any atom is -0.480 e. The maximum Gasteiger partial charge on any atom is 0.319 e. The van der Waals surface area contributed by atoms with E-state index in [1.807, 2.05) is 19.0 Å². The van der Waals surface area contributed by atoms with Crippen LogP contribution in [0.2, 0.25) is 0 Å². The Bertz CT molecular complexity index is 229. The van der Waals surface area contributed by atoms with Crippen molar-refractivity contribution in [1.82, 2.24) is 4.90 Å². The van der Waals surface area contributed by atoms with Crippen molar-refractivity contribution in [2.75, 3.05) is 26.4 Å². The van der Waals surface area contributed by atoms with Crippen molar-refractivity contribution in [2.24, 2.45) is 5.92 Å². The molecule has 0 spiro atoms. The number of aliphatic carboxylic acids is 1. The average molecular weight is 235 g/mol. The molecule has 5 heteroatoms. The molecule has 0 aromatic carbocycles. The maximum absolute atomic E-state index is 11.7. The van der Waals surface area contributed by atoms with E-state index in [0.29, 0.717) is 5.75 Å². The summed E-state index contributed by atoms with van der Waals surface area (Å²) >= 11 is 0. The summed E-state index contributed by atoms with van der Waals surface area (Å²) in [6.45, 7) is 4.43. The molecule has 0 amide bonds. The number of hydrogen-bond donors (Lipinski definition) is 1. The second-order valence-corrected chi connectivity index (χ2v) is 5.92. The van der Waals surface area contributed by atoms with Crippen molar-refractivity contribution in [3.63, 3.8) is 0 Å². The first kappa shape index (κ1) is 14.6. The second kappa shape index (κ2) is 6.95. The quantitative estimate of drug-likeness (QED) is 0.709. The van der Waals surface area contributed by atoms with Gasteiger partial charge in [0.25, 0.3) is 0 Å². The molecule has 2 atom stereocenters. The van der Waals surface area contributed by atoms with Gasteiger partial charge in [0, 0.05) is 16.6 Å². The number of hydrogen-bond acceptors (Lipinski definition) is 3. The lowest BCUT2D eigenvalue weighted by Gasteiger charge is -2.16. The molecule has 0 aliphatic rings. The summed E-state index contributed by atoms with van der Waals surface area (Å²) in [5.41, 5.74) is 0. The van der Waals surface area contributed by atoms with E-state index in [9.17, 15) is 9.00 Å². The highest BCUT2D eigenvalue weighted by Crippen LogP contribution is 2.11. The Hall–Kier alpha value is -0.420. The Kier molecular flexibility index (Phi) is 6.76. The van der Waals surface area contributed by atoms with Crippen LogP contribution in [0.4, 0.5) is 0 Å². The molecule has 15 heavy (non-hydrogen) atoms. The van der Waals surface area contributed by atoms with E-state index in [0.717, 1.165) is 13.0 Å². The average Bonchev–Trinajstić information content (AvgIpc) is 2.01. The van der Waals surface area contributed by atoms with E-state index in [4.69, 9.17) is 5.11 Å². The summed E-state index contributed by atoms with van der Waals surface area (Å²) in [5, 5.41) is 8.19. The maximum atomic E-state index is 11.7. The third kappa shape index (κ3) is 5.89. The van der Waals surface area contributed by atoms with E-state index in [2.05, 4.69) is 0 Å². The largest absolute Gasteiger partial charge is 0.480 e. The fourth-order valence-corrected chi connectivity index (χ4v) is 2.85. The van der Waals surface area contributed by atoms with E-state index < -0.39 is 22.0 Å². The number of carboxylic acid groups (broad SMARTS) is 1. The van der Waals surface area contributed by atoms with Crippen LogP contribution in [0.5, 0.6) is 0 Å². The van der Waals surface area contributed by atoms with E-state index in [1.165, 1.54) is 0 Å². The molecule has 0 radical (unpaired) electrons. The van der Waals surface area contributed by atoms with Crippen molar-refractivity contribution in [3.8, 4) is 0 Å². The van der Waals surface area contributed by atoms with Gasteiger partial charge in [0.05, 0.1) is 0 Å². The standard InChI is InChI=1S/C10H21NO3S/c1-8(2)9(10(12)13)15(14)7-5-6-11(3)4/h8-9H,5-7H2,1-4H3,(H,12,13). The number of rotatable bonds is 7. The van der Waals surface area contributed by atoms with Gasteiger partial charge in [-0.15, -0.1) is 0 Å². The summed E-state index contributed by atoms with van der Waals surface area (Å²) in [4.78, 5) is 12.9. The van der Waals surface area contributed by atoms with Gasteiger partial charge in [0.1, 0.15) is 5.25 Å². The summed E-state index contributed by atoms with van der Waals surface area (Å²) in [7, 11) is 2.63. The Balaban J connectivity index is 4.10. The molecule has 0 rings (SSSR count). The normalized spacial score (nSPS) is 15.6. The minimum absolute atomic E-state index is 0.0808. The zero-order valence-electron chi connectivity index (χ0n) is 9.90. The highest BCUT2D eigenvalue weighted by molar-refractivity contribution is 7.86. The first-order valence-electron chi connectivity index (χ1n) is 5.11. The van der Waals surface area contributed by atoms with Crippen molar-refractivity contribution in [3.05, 3.63) is 0 Å². The van der Waals surface area contributed by atoms with E-state index in [1.54, 1.807) is 13.8 Å². The van der Waals surface area contributed by atoms with Gasteiger partial charge in [-0.25, -0.2) is 0 Å². The van der Waals surface area contributed by atoms with Crippen LogP contribution in [-0.4, -0.2) is 51.8 Å². The number of nitrogens with zero attached hydrogens (tertiary/aromatic N) is 1. The Morgan fingerprint density at radius 2 is 1.93 bits per heavy atom. The fourth-order valence-electron chi connectivity index (χ4n) is 1.35. The first-order valence-corrected chi connectivity index (χ1v) is 6.49. The van der Waals surface area contributed by atoms with Gasteiger partial charge in [-0.05, 0) is 33.0 Å². The van der Waals surface area contributed by atoms with Crippen molar-refractivity contribution < 1.29 is 14.1 Å². The number of carbonyl (C=O) groups is 1. The van der Waals surface area contributed by atoms with Gasteiger partial charge < -0.3 is 10.0 Å². The molecule has 0 heterocycles. The lowest BCUT2D eigenvalue weighted by atomic mass is 10.1. The van der Waals surface area contributed by atoms with Crippen LogP contribution in [0, 0.1) is 5.92 Å². The van der Waals surface area contributed by atoms with Crippen LogP contribution in [0.3, 0.4) is 0 Å². The lowest BCUT2D eigenvalue weighted by molar-refractivity contribution is -0.137. The Morgan fingerprint density at radius 3 is 2.27 bits per heavy atom. The lowest BCUT2D eigenvalue weighted by Crippen LogP contribution is -2.33. The van der Waals surface area contributed by atoms with Gasteiger partial charge >= 0.3 is 5.97 Å². The molecule has 0 saturated carbocycles. The third-order valence-electron chi connectivity index (χ3n) is 2.08. The van der Waals surface area contributed by atoms with Crippen molar-refractivity contribution in [1.29, 1.82) is 0 Å². The van der Waals surface area contributed by atoms with Crippen LogP contribution in [-0.2, 0) is 15.6 Å².